The van der Waals surface area contributed by atoms with Gasteiger partial charge in [0.15, 0.2) is 0 Å². The summed E-state index contributed by atoms with van der Waals surface area (Å²) < 4.78 is 9.86. The van der Waals surface area contributed by atoms with Crippen molar-refractivity contribution in [1.82, 2.24) is 0 Å². The molecule has 0 aromatic rings. The van der Waals surface area contributed by atoms with Gasteiger partial charge in [0.25, 0.3) is 0 Å². The molecule has 0 heterocycles. The van der Waals surface area contributed by atoms with Crippen LogP contribution in [0, 0.1) is 0 Å². The Labute approximate surface area is 130 Å². The summed E-state index contributed by atoms with van der Waals surface area (Å²) in [4.78, 5) is 11.1. The lowest BCUT2D eigenvalue weighted by atomic mass is 10.4. The van der Waals surface area contributed by atoms with E-state index in [1.165, 1.54) is 23.0 Å². The molecule has 0 aromatic heterocycles. The van der Waals surface area contributed by atoms with Gasteiger partial charge in [0.05, 0.1) is 13.2 Å². The van der Waals surface area contributed by atoms with E-state index in [-0.39, 0.29) is 0 Å². The molecule has 3 nitrogen and oxygen atoms in total. The van der Waals surface area contributed by atoms with Crippen molar-refractivity contribution >= 4 is 41.4 Å². The Bertz CT molecular complexity index is 204. The van der Waals surface area contributed by atoms with Crippen LogP contribution in [0.1, 0.15) is 26.2 Å². The van der Waals surface area contributed by atoms with E-state index < -0.39 is 6.16 Å². The maximum Gasteiger partial charge on any atom is 0.508 e. The maximum absolute atomic E-state index is 11.1. The molecule has 0 radical (unpaired) electrons. The Hall–Kier alpha value is 0.320. The number of thioether (sulfide) groups is 3. The topological polar surface area (TPSA) is 35.5 Å². The van der Waals surface area contributed by atoms with Gasteiger partial charge in [-0.05, 0) is 24.9 Å². The van der Waals surface area contributed by atoms with Gasteiger partial charge in [0.2, 0.25) is 0 Å². The first-order chi connectivity index (χ1) is 9.31. The lowest BCUT2D eigenvalue weighted by molar-refractivity contribution is 0.0547. The number of unbranched alkanes of at least 4 members (excludes halogenated alkanes) is 1. The van der Waals surface area contributed by atoms with Crippen LogP contribution in [0.2, 0.25) is 0 Å². The number of hydrogen-bond donors (Lipinski definition) is 0. The van der Waals surface area contributed by atoms with Crippen molar-refractivity contribution in [2.45, 2.75) is 26.2 Å². The first-order valence-corrected chi connectivity index (χ1v) is 10.5. The van der Waals surface area contributed by atoms with Crippen LogP contribution in [0.15, 0.2) is 0 Å². The van der Waals surface area contributed by atoms with E-state index in [0.717, 1.165) is 25.0 Å². The zero-order valence-corrected chi connectivity index (χ0v) is 14.5. The summed E-state index contributed by atoms with van der Waals surface area (Å²) in [6, 6.07) is 0. The smallest absolute Gasteiger partial charge is 0.434 e. The predicted molar refractivity (Wildman–Crippen MR) is 89.9 cm³/mol. The second-order valence-corrected chi connectivity index (χ2v) is 7.31. The first-order valence-electron chi connectivity index (χ1n) is 6.75. The fraction of sp³-hybridized carbons (Fsp3) is 0.923. The van der Waals surface area contributed by atoms with Crippen LogP contribution in [0.4, 0.5) is 4.79 Å². The Morgan fingerprint density at radius 2 is 1.47 bits per heavy atom. The van der Waals surface area contributed by atoms with Gasteiger partial charge in [-0.25, -0.2) is 4.79 Å². The minimum Gasteiger partial charge on any atom is -0.434 e. The highest BCUT2D eigenvalue weighted by atomic mass is 32.2. The van der Waals surface area contributed by atoms with Crippen molar-refractivity contribution in [3.8, 4) is 0 Å². The summed E-state index contributed by atoms with van der Waals surface area (Å²) in [7, 11) is 0. The number of rotatable bonds is 13. The van der Waals surface area contributed by atoms with Crippen LogP contribution in [0.3, 0.4) is 0 Å². The zero-order chi connectivity index (χ0) is 14.2. The van der Waals surface area contributed by atoms with E-state index in [0.29, 0.717) is 13.2 Å². The van der Waals surface area contributed by atoms with Crippen LogP contribution in [-0.2, 0) is 9.47 Å². The molecule has 0 atom stereocenters. The maximum atomic E-state index is 11.1. The number of hydrogen-bond acceptors (Lipinski definition) is 6. The Kier molecular flexibility index (Phi) is 16.7. The summed E-state index contributed by atoms with van der Waals surface area (Å²) in [5.74, 6) is 5.92. The molecule has 0 amide bonds. The molecule has 19 heavy (non-hydrogen) atoms. The van der Waals surface area contributed by atoms with Crippen LogP contribution in [0.5, 0.6) is 0 Å². The lowest BCUT2D eigenvalue weighted by Crippen LogP contribution is -2.09. The minimum absolute atomic E-state index is 0.470. The molecule has 0 bridgehead atoms. The average molecular weight is 327 g/mol. The molecule has 0 aliphatic carbocycles. The van der Waals surface area contributed by atoms with Gasteiger partial charge in [0, 0.05) is 23.0 Å². The fourth-order valence-electron chi connectivity index (χ4n) is 1.12. The quantitative estimate of drug-likeness (QED) is 0.373. The summed E-state index contributed by atoms with van der Waals surface area (Å²) in [6.07, 6.45) is 4.45. The van der Waals surface area contributed by atoms with Gasteiger partial charge < -0.3 is 9.47 Å². The molecule has 0 aliphatic heterocycles. The third-order valence-electron chi connectivity index (χ3n) is 2.17. The van der Waals surface area contributed by atoms with Gasteiger partial charge in [0.1, 0.15) is 0 Å². The van der Waals surface area contributed by atoms with E-state index in [1.807, 2.05) is 35.3 Å². The SMILES string of the molecule is CCCCOC(=O)OCCCSCCSCCSC. The number of ether oxygens (including phenoxy) is 2. The zero-order valence-electron chi connectivity index (χ0n) is 12.0. The highest BCUT2D eigenvalue weighted by molar-refractivity contribution is 8.04. The van der Waals surface area contributed by atoms with E-state index in [4.69, 9.17) is 9.47 Å². The van der Waals surface area contributed by atoms with Gasteiger partial charge >= 0.3 is 6.16 Å². The summed E-state index contributed by atoms with van der Waals surface area (Å²) in [5, 5.41) is 0. The lowest BCUT2D eigenvalue weighted by Gasteiger charge is -2.05. The molecule has 0 fully saturated rings. The third-order valence-corrected chi connectivity index (χ3v) is 5.36. The van der Waals surface area contributed by atoms with Gasteiger partial charge in [-0.15, -0.1) is 0 Å². The van der Waals surface area contributed by atoms with Gasteiger partial charge in [-0.2, -0.15) is 35.3 Å². The monoisotopic (exact) mass is 326 g/mol. The van der Waals surface area contributed by atoms with E-state index in [9.17, 15) is 4.79 Å². The molecule has 0 spiro atoms. The standard InChI is InChI=1S/C13H26O3S3/c1-3-4-6-15-13(14)16-7-5-8-18-11-12-19-10-9-17-2/h3-12H2,1-2H3. The Balaban J connectivity index is 3.07. The van der Waals surface area contributed by atoms with Gasteiger partial charge in [-0.1, -0.05) is 13.3 Å². The number of carbonyl (C=O) groups excluding carboxylic acids is 1. The van der Waals surface area contributed by atoms with Crippen molar-refractivity contribution in [3.63, 3.8) is 0 Å². The van der Waals surface area contributed by atoms with Crippen molar-refractivity contribution in [2.75, 3.05) is 48.2 Å². The fourth-order valence-corrected chi connectivity index (χ4v) is 3.93. The van der Waals surface area contributed by atoms with Gasteiger partial charge in [-0.3, -0.25) is 0 Å². The second-order valence-electron chi connectivity index (χ2n) is 3.87. The molecule has 0 saturated heterocycles. The van der Waals surface area contributed by atoms with Crippen LogP contribution >= 0.6 is 35.3 Å². The molecule has 0 unspecified atom stereocenters. The summed E-state index contributed by atoms with van der Waals surface area (Å²) in [5.41, 5.74) is 0. The molecule has 6 heteroatoms. The van der Waals surface area contributed by atoms with Crippen molar-refractivity contribution < 1.29 is 14.3 Å². The molecular formula is C13H26O3S3. The molecule has 0 N–H and O–H groups in total. The van der Waals surface area contributed by atoms with Crippen molar-refractivity contribution in [2.24, 2.45) is 0 Å². The summed E-state index contributed by atoms with van der Waals surface area (Å²) >= 11 is 5.83. The van der Waals surface area contributed by atoms with Crippen molar-refractivity contribution in [1.29, 1.82) is 0 Å². The Morgan fingerprint density at radius 1 is 0.895 bits per heavy atom. The molecule has 0 aliphatic rings. The first kappa shape index (κ1) is 19.3. The molecule has 0 saturated carbocycles. The third kappa shape index (κ3) is 16.3. The molecular weight excluding hydrogens is 300 g/mol. The second kappa shape index (κ2) is 16.4. The van der Waals surface area contributed by atoms with Crippen LogP contribution in [0.25, 0.3) is 0 Å². The van der Waals surface area contributed by atoms with Crippen LogP contribution in [-0.4, -0.2) is 54.4 Å². The molecule has 114 valence electrons. The molecule has 0 aromatic carbocycles. The highest BCUT2D eigenvalue weighted by Crippen LogP contribution is 2.09. The Morgan fingerprint density at radius 3 is 2.11 bits per heavy atom. The highest BCUT2D eigenvalue weighted by Gasteiger charge is 2.02. The van der Waals surface area contributed by atoms with Crippen LogP contribution < -0.4 is 0 Å². The number of carbonyl (C=O) groups is 1. The molecule has 0 rings (SSSR count). The van der Waals surface area contributed by atoms with E-state index >= 15 is 0 Å². The largest absolute Gasteiger partial charge is 0.508 e. The summed E-state index contributed by atoms with van der Waals surface area (Å²) in [6.45, 7) is 3.00. The van der Waals surface area contributed by atoms with E-state index in [1.54, 1.807) is 0 Å². The average Bonchev–Trinajstić information content (AvgIpc) is 2.41. The predicted octanol–water partition coefficient (Wildman–Crippen LogP) is 4.16. The normalized spacial score (nSPS) is 10.4. The van der Waals surface area contributed by atoms with Crippen molar-refractivity contribution in [3.05, 3.63) is 0 Å². The minimum atomic E-state index is -0.522. The van der Waals surface area contributed by atoms with E-state index in [2.05, 4.69) is 13.2 Å².